The Balaban J connectivity index is 2.46. The molecule has 2 aromatic heterocycles. The van der Waals surface area contributed by atoms with Crippen LogP contribution in [0.1, 0.15) is 11.3 Å². The van der Waals surface area contributed by atoms with Crippen LogP contribution in [0, 0.1) is 5.41 Å². The summed E-state index contributed by atoms with van der Waals surface area (Å²) >= 11 is 0. The number of rotatable bonds is 2. The molecule has 0 aliphatic carbocycles. The molecule has 6 nitrogen and oxygen atoms in total. The van der Waals surface area contributed by atoms with Gasteiger partial charge in [0, 0.05) is 5.56 Å². The first kappa shape index (κ1) is 9.20. The highest BCUT2D eigenvalue weighted by Gasteiger charge is 2.12. The predicted octanol–water partition coefficient (Wildman–Crippen LogP) is 0.650. The van der Waals surface area contributed by atoms with E-state index in [1.54, 1.807) is 0 Å². The van der Waals surface area contributed by atoms with Crippen molar-refractivity contribution in [2.24, 2.45) is 0 Å². The van der Waals surface area contributed by atoms with Crippen LogP contribution in [0.4, 0.5) is 11.5 Å². The van der Waals surface area contributed by atoms with E-state index in [9.17, 15) is 0 Å². The van der Waals surface area contributed by atoms with Gasteiger partial charge in [-0.2, -0.15) is 0 Å². The van der Waals surface area contributed by atoms with Gasteiger partial charge in [-0.15, -0.1) is 0 Å². The Bertz CT molecular complexity index is 491. The average Bonchev–Trinajstić information content (AvgIpc) is 2.74. The number of hydrogen-bond acceptors (Lipinski definition) is 6. The highest BCUT2D eigenvalue weighted by atomic mass is 16.3. The van der Waals surface area contributed by atoms with Crippen LogP contribution in [-0.4, -0.2) is 15.7 Å². The van der Waals surface area contributed by atoms with Crippen molar-refractivity contribution in [2.75, 3.05) is 11.5 Å². The van der Waals surface area contributed by atoms with E-state index in [2.05, 4.69) is 9.97 Å². The van der Waals surface area contributed by atoms with Crippen LogP contribution < -0.4 is 11.5 Å². The Kier molecular flexibility index (Phi) is 2.09. The summed E-state index contributed by atoms with van der Waals surface area (Å²) in [5, 5.41) is 7.83. The van der Waals surface area contributed by atoms with Crippen molar-refractivity contribution in [3.8, 4) is 0 Å². The maximum absolute atomic E-state index is 7.83. The molecule has 0 saturated carbocycles. The number of pyridine rings is 1. The summed E-state index contributed by atoms with van der Waals surface area (Å²) in [6.45, 7) is 0. The van der Waals surface area contributed by atoms with E-state index in [4.69, 9.17) is 21.3 Å². The second kappa shape index (κ2) is 3.41. The van der Waals surface area contributed by atoms with Crippen LogP contribution in [-0.2, 0) is 0 Å². The van der Waals surface area contributed by atoms with Crippen molar-refractivity contribution in [1.29, 1.82) is 5.41 Å². The topological polar surface area (TPSA) is 115 Å². The van der Waals surface area contributed by atoms with Gasteiger partial charge in [-0.3, -0.25) is 5.41 Å². The first-order valence-electron chi connectivity index (χ1n) is 4.17. The lowest BCUT2D eigenvalue weighted by Gasteiger charge is -2.04. The summed E-state index contributed by atoms with van der Waals surface area (Å²) in [7, 11) is 0. The fourth-order valence-electron chi connectivity index (χ4n) is 1.17. The van der Waals surface area contributed by atoms with Crippen LogP contribution >= 0.6 is 0 Å². The van der Waals surface area contributed by atoms with E-state index in [0.29, 0.717) is 22.8 Å². The normalized spacial score (nSPS) is 10.1. The number of anilines is 2. The van der Waals surface area contributed by atoms with Gasteiger partial charge in [0.2, 0.25) is 0 Å². The van der Waals surface area contributed by atoms with Gasteiger partial charge in [-0.25, -0.2) is 9.97 Å². The molecule has 0 aliphatic rings. The van der Waals surface area contributed by atoms with Crippen LogP contribution in [0.25, 0.3) is 0 Å². The number of oxazole rings is 1. The van der Waals surface area contributed by atoms with Gasteiger partial charge in [0.25, 0.3) is 0 Å². The molecule has 76 valence electrons. The summed E-state index contributed by atoms with van der Waals surface area (Å²) in [6, 6.07) is 1.53. The van der Waals surface area contributed by atoms with Gasteiger partial charge in [-0.05, 0) is 6.07 Å². The van der Waals surface area contributed by atoms with E-state index in [0.717, 1.165) is 0 Å². The van der Waals surface area contributed by atoms with Crippen LogP contribution in [0.3, 0.4) is 0 Å². The molecule has 0 fully saturated rings. The number of nitrogens with two attached hydrogens (primary N) is 2. The molecule has 0 atom stereocenters. The summed E-state index contributed by atoms with van der Waals surface area (Å²) in [6.07, 6.45) is 4.11. The Morgan fingerprint density at radius 2 is 2.13 bits per heavy atom. The molecule has 0 aliphatic heterocycles. The van der Waals surface area contributed by atoms with Gasteiger partial charge in [0.1, 0.15) is 11.5 Å². The molecule has 2 aromatic rings. The number of aromatic nitrogens is 2. The zero-order chi connectivity index (χ0) is 10.8. The molecule has 5 N–H and O–H groups in total. The lowest BCUT2D eigenvalue weighted by atomic mass is 10.1. The van der Waals surface area contributed by atoms with Gasteiger partial charge in [-0.1, -0.05) is 0 Å². The first-order valence-corrected chi connectivity index (χ1v) is 4.17. The minimum Gasteiger partial charge on any atom is -0.442 e. The van der Waals surface area contributed by atoms with Gasteiger partial charge < -0.3 is 15.9 Å². The van der Waals surface area contributed by atoms with Crippen molar-refractivity contribution >= 4 is 17.2 Å². The lowest BCUT2D eigenvalue weighted by Crippen LogP contribution is -2.06. The Labute approximate surface area is 85.5 Å². The lowest BCUT2D eigenvalue weighted by molar-refractivity contribution is 0.548. The third kappa shape index (κ3) is 1.64. The van der Waals surface area contributed by atoms with Gasteiger partial charge >= 0.3 is 0 Å². The number of hydrogen-bond donors (Lipinski definition) is 3. The molecule has 0 aromatic carbocycles. The zero-order valence-corrected chi connectivity index (χ0v) is 7.77. The average molecular weight is 203 g/mol. The monoisotopic (exact) mass is 203 g/mol. The minimum atomic E-state index is 0.138. The number of nitrogens with zero attached hydrogens (tertiary/aromatic N) is 2. The Hall–Kier alpha value is -2.37. The van der Waals surface area contributed by atoms with E-state index in [1.165, 1.54) is 24.9 Å². The highest BCUT2D eigenvalue weighted by Crippen LogP contribution is 2.17. The quantitative estimate of drug-likeness (QED) is 0.620. The van der Waals surface area contributed by atoms with E-state index in [1.807, 2.05) is 0 Å². The molecule has 6 heteroatoms. The fourth-order valence-corrected chi connectivity index (χ4v) is 1.17. The molecule has 15 heavy (non-hydrogen) atoms. The predicted molar refractivity (Wildman–Crippen MR) is 55.5 cm³/mol. The van der Waals surface area contributed by atoms with Crippen molar-refractivity contribution in [3.63, 3.8) is 0 Å². The van der Waals surface area contributed by atoms with Crippen molar-refractivity contribution in [2.45, 2.75) is 0 Å². The largest absolute Gasteiger partial charge is 0.442 e. The SMILES string of the molecule is N=C(c1cnco1)c1cc(N)ncc1N. The van der Waals surface area contributed by atoms with Crippen molar-refractivity contribution in [3.05, 3.63) is 36.2 Å². The Morgan fingerprint density at radius 3 is 2.80 bits per heavy atom. The first-order chi connectivity index (χ1) is 7.18. The molecule has 0 radical (unpaired) electrons. The summed E-state index contributed by atoms with van der Waals surface area (Å²) in [5.41, 5.74) is 12.2. The molecule has 0 unspecified atom stereocenters. The maximum Gasteiger partial charge on any atom is 0.181 e. The molecule has 2 rings (SSSR count). The third-order valence-corrected chi connectivity index (χ3v) is 1.90. The maximum atomic E-state index is 7.83. The number of nitrogens with one attached hydrogen (secondary N) is 1. The van der Waals surface area contributed by atoms with Crippen molar-refractivity contribution in [1.82, 2.24) is 9.97 Å². The summed E-state index contributed by atoms with van der Waals surface area (Å²) in [5.74, 6) is 0.649. The molecule has 0 saturated heterocycles. The van der Waals surface area contributed by atoms with E-state index >= 15 is 0 Å². The van der Waals surface area contributed by atoms with Gasteiger partial charge in [0.05, 0.1) is 18.1 Å². The Morgan fingerprint density at radius 1 is 1.33 bits per heavy atom. The van der Waals surface area contributed by atoms with Crippen molar-refractivity contribution < 1.29 is 4.42 Å². The summed E-state index contributed by atoms with van der Waals surface area (Å²) < 4.78 is 4.99. The standard InChI is InChI=1S/C9H9N5O/c10-6-2-14-8(11)1-5(6)9(12)7-3-13-4-15-7/h1-4,12H,10H2,(H2,11,14). The van der Waals surface area contributed by atoms with Crippen LogP contribution in [0.2, 0.25) is 0 Å². The second-order valence-electron chi connectivity index (χ2n) is 2.94. The molecular formula is C9H9N5O. The molecule has 0 bridgehead atoms. The highest BCUT2D eigenvalue weighted by molar-refractivity contribution is 6.12. The number of nitrogen functional groups attached to an aromatic ring is 2. The minimum absolute atomic E-state index is 0.138. The molecule has 0 amide bonds. The second-order valence-corrected chi connectivity index (χ2v) is 2.94. The smallest absolute Gasteiger partial charge is 0.181 e. The third-order valence-electron chi connectivity index (χ3n) is 1.90. The summed E-state index contributed by atoms with van der Waals surface area (Å²) in [4.78, 5) is 7.54. The molecular weight excluding hydrogens is 194 g/mol. The van der Waals surface area contributed by atoms with Crippen LogP contribution in [0.5, 0.6) is 0 Å². The van der Waals surface area contributed by atoms with Gasteiger partial charge in [0.15, 0.2) is 12.2 Å². The molecule has 2 heterocycles. The van der Waals surface area contributed by atoms with E-state index in [-0.39, 0.29) is 5.71 Å². The van der Waals surface area contributed by atoms with Crippen LogP contribution in [0.15, 0.2) is 29.3 Å². The fraction of sp³-hybridized carbons (Fsp3) is 0. The van der Waals surface area contributed by atoms with E-state index < -0.39 is 0 Å². The zero-order valence-electron chi connectivity index (χ0n) is 7.77. The molecule has 0 spiro atoms.